The Kier molecular flexibility index (Phi) is 3.81. The monoisotopic (exact) mass is 247 g/mol. The van der Waals surface area contributed by atoms with E-state index in [4.69, 9.17) is 0 Å². The van der Waals surface area contributed by atoms with Crippen LogP contribution in [-0.4, -0.2) is 16.2 Å². The molecule has 0 bridgehead atoms. The summed E-state index contributed by atoms with van der Waals surface area (Å²) in [5, 5.41) is 9.81. The van der Waals surface area contributed by atoms with Crippen LogP contribution in [0.5, 0.6) is 0 Å². The minimum Gasteiger partial charge on any atom is -0.392 e. The van der Waals surface area contributed by atoms with Gasteiger partial charge in [-0.3, -0.25) is 0 Å². The zero-order valence-corrected chi connectivity index (χ0v) is 10.0. The largest absolute Gasteiger partial charge is 0.433 e. The van der Waals surface area contributed by atoms with E-state index in [1.165, 1.54) is 12.1 Å². The number of hydrogen-bond donors (Lipinski definition) is 1. The Bertz CT molecular complexity index is 382. The molecule has 1 aromatic heterocycles. The van der Waals surface area contributed by atoms with Gasteiger partial charge in [0.1, 0.15) is 5.69 Å². The minimum atomic E-state index is -4.44. The van der Waals surface area contributed by atoms with E-state index in [1.54, 1.807) is 0 Å². The highest BCUT2D eigenvalue weighted by Gasteiger charge is 2.32. The first-order valence-electron chi connectivity index (χ1n) is 5.32. The van der Waals surface area contributed by atoms with Crippen LogP contribution in [0.3, 0.4) is 0 Å². The lowest BCUT2D eigenvalue weighted by atomic mass is 9.86. The number of halogens is 3. The van der Waals surface area contributed by atoms with Crippen LogP contribution in [0, 0.1) is 5.41 Å². The van der Waals surface area contributed by atoms with Gasteiger partial charge in [0.05, 0.1) is 6.10 Å². The molecule has 1 N–H and O–H groups in total. The van der Waals surface area contributed by atoms with Crippen LogP contribution in [-0.2, 0) is 12.6 Å². The third kappa shape index (κ3) is 4.00. The second-order valence-corrected chi connectivity index (χ2v) is 5.10. The van der Waals surface area contributed by atoms with Gasteiger partial charge in [-0.05, 0) is 17.5 Å². The maximum absolute atomic E-state index is 12.4. The van der Waals surface area contributed by atoms with E-state index < -0.39 is 18.0 Å². The summed E-state index contributed by atoms with van der Waals surface area (Å²) >= 11 is 0. The van der Waals surface area contributed by atoms with E-state index in [9.17, 15) is 18.3 Å². The molecule has 17 heavy (non-hydrogen) atoms. The highest BCUT2D eigenvalue weighted by molar-refractivity contribution is 5.14. The average molecular weight is 247 g/mol. The maximum Gasteiger partial charge on any atom is 0.433 e. The number of rotatable bonds is 2. The second-order valence-electron chi connectivity index (χ2n) is 5.10. The van der Waals surface area contributed by atoms with Crippen LogP contribution >= 0.6 is 0 Å². The molecule has 0 aliphatic rings. The molecule has 0 spiro atoms. The predicted molar refractivity (Wildman–Crippen MR) is 58.4 cm³/mol. The molecule has 5 heteroatoms. The highest BCUT2D eigenvalue weighted by Crippen LogP contribution is 2.28. The van der Waals surface area contributed by atoms with Crippen LogP contribution < -0.4 is 0 Å². The van der Waals surface area contributed by atoms with E-state index >= 15 is 0 Å². The molecular formula is C12H16F3NO. The molecule has 0 amide bonds. The molecule has 0 aliphatic carbocycles. The summed E-state index contributed by atoms with van der Waals surface area (Å²) in [4.78, 5) is 3.51. The standard InChI is InChI=1S/C12H16F3NO/c1-11(2,3)10(17)7-8-5-4-6-9(16-8)12(13,14)15/h4-6,10,17H,7H2,1-3H3. The fraction of sp³-hybridized carbons (Fsp3) is 0.583. The SMILES string of the molecule is CC(C)(C)C(O)Cc1cccc(C(F)(F)F)n1. The molecule has 0 saturated heterocycles. The Morgan fingerprint density at radius 2 is 1.82 bits per heavy atom. The van der Waals surface area contributed by atoms with E-state index in [2.05, 4.69) is 4.98 Å². The molecule has 0 fully saturated rings. The number of aliphatic hydroxyl groups excluding tert-OH is 1. The topological polar surface area (TPSA) is 33.1 Å². The van der Waals surface area contributed by atoms with Crippen molar-refractivity contribution in [1.29, 1.82) is 0 Å². The predicted octanol–water partition coefficient (Wildman–Crippen LogP) is 3.05. The van der Waals surface area contributed by atoms with Crippen molar-refractivity contribution in [3.63, 3.8) is 0 Å². The summed E-state index contributed by atoms with van der Waals surface area (Å²) in [7, 11) is 0. The fourth-order valence-corrected chi connectivity index (χ4v) is 1.26. The molecule has 0 aromatic carbocycles. The molecule has 1 aromatic rings. The third-order valence-corrected chi connectivity index (χ3v) is 2.50. The smallest absolute Gasteiger partial charge is 0.392 e. The number of aliphatic hydroxyl groups is 1. The van der Waals surface area contributed by atoms with Crippen molar-refractivity contribution in [2.45, 2.75) is 39.5 Å². The Morgan fingerprint density at radius 3 is 2.29 bits per heavy atom. The molecule has 1 atom stereocenters. The molecule has 2 nitrogen and oxygen atoms in total. The van der Waals surface area contributed by atoms with E-state index in [-0.39, 0.29) is 17.5 Å². The number of nitrogens with zero attached hydrogens (tertiary/aromatic N) is 1. The van der Waals surface area contributed by atoms with Gasteiger partial charge in [0.15, 0.2) is 0 Å². The fourth-order valence-electron chi connectivity index (χ4n) is 1.26. The average Bonchev–Trinajstić information content (AvgIpc) is 2.15. The van der Waals surface area contributed by atoms with Crippen molar-refractivity contribution in [1.82, 2.24) is 4.98 Å². The van der Waals surface area contributed by atoms with Crippen LogP contribution in [0.25, 0.3) is 0 Å². The van der Waals surface area contributed by atoms with Crippen molar-refractivity contribution < 1.29 is 18.3 Å². The third-order valence-electron chi connectivity index (χ3n) is 2.50. The van der Waals surface area contributed by atoms with Crippen molar-refractivity contribution in [2.75, 3.05) is 0 Å². The normalized spacial score (nSPS) is 14.8. The number of pyridine rings is 1. The molecular weight excluding hydrogens is 231 g/mol. The van der Waals surface area contributed by atoms with Gasteiger partial charge in [0, 0.05) is 12.1 Å². The molecule has 96 valence electrons. The van der Waals surface area contributed by atoms with Gasteiger partial charge in [0.25, 0.3) is 0 Å². The highest BCUT2D eigenvalue weighted by atomic mass is 19.4. The molecule has 0 aliphatic heterocycles. The summed E-state index contributed by atoms with van der Waals surface area (Å²) in [6, 6.07) is 3.72. The van der Waals surface area contributed by atoms with Gasteiger partial charge in [-0.1, -0.05) is 26.8 Å². The summed E-state index contributed by atoms with van der Waals surface area (Å²) in [6.07, 6.45) is -5.05. The number of aromatic nitrogens is 1. The van der Waals surface area contributed by atoms with Crippen molar-refractivity contribution in [3.8, 4) is 0 Å². The Morgan fingerprint density at radius 1 is 1.24 bits per heavy atom. The van der Waals surface area contributed by atoms with E-state index in [0.29, 0.717) is 0 Å². The first-order chi connectivity index (χ1) is 7.60. The lowest BCUT2D eigenvalue weighted by Gasteiger charge is -2.25. The van der Waals surface area contributed by atoms with Crippen molar-refractivity contribution in [2.24, 2.45) is 5.41 Å². The Balaban J connectivity index is 2.87. The van der Waals surface area contributed by atoms with Gasteiger partial charge >= 0.3 is 6.18 Å². The Hall–Kier alpha value is -1.10. The minimum absolute atomic E-state index is 0.118. The summed E-state index contributed by atoms with van der Waals surface area (Å²) in [6.45, 7) is 5.47. The van der Waals surface area contributed by atoms with Crippen LogP contribution in [0.2, 0.25) is 0 Å². The van der Waals surface area contributed by atoms with Crippen LogP contribution in [0.1, 0.15) is 32.2 Å². The Labute approximate surface area is 98.5 Å². The molecule has 1 rings (SSSR count). The second kappa shape index (κ2) is 4.64. The zero-order valence-electron chi connectivity index (χ0n) is 10.0. The van der Waals surface area contributed by atoms with Crippen molar-refractivity contribution >= 4 is 0 Å². The van der Waals surface area contributed by atoms with Gasteiger partial charge in [-0.2, -0.15) is 13.2 Å². The molecule has 0 radical (unpaired) electrons. The summed E-state index contributed by atoms with van der Waals surface area (Å²) in [5.41, 5.74) is -1.05. The summed E-state index contributed by atoms with van der Waals surface area (Å²) < 4.78 is 37.2. The van der Waals surface area contributed by atoms with Gasteiger partial charge in [0.2, 0.25) is 0 Å². The van der Waals surface area contributed by atoms with Crippen LogP contribution in [0.15, 0.2) is 18.2 Å². The van der Waals surface area contributed by atoms with Gasteiger partial charge < -0.3 is 5.11 Å². The van der Waals surface area contributed by atoms with E-state index in [1.807, 2.05) is 20.8 Å². The van der Waals surface area contributed by atoms with Gasteiger partial charge in [-0.15, -0.1) is 0 Å². The quantitative estimate of drug-likeness (QED) is 0.871. The molecule has 1 heterocycles. The first kappa shape index (κ1) is 14.0. The van der Waals surface area contributed by atoms with Crippen molar-refractivity contribution in [3.05, 3.63) is 29.6 Å². The maximum atomic E-state index is 12.4. The summed E-state index contributed by atoms with van der Waals surface area (Å²) in [5.74, 6) is 0. The lowest BCUT2D eigenvalue weighted by Crippen LogP contribution is -2.28. The first-order valence-corrected chi connectivity index (χ1v) is 5.32. The molecule has 1 unspecified atom stereocenters. The number of hydrogen-bond acceptors (Lipinski definition) is 2. The van der Waals surface area contributed by atoms with Gasteiger partial charge in [-0.25, -0.2) is 4.98 Å². The van der Waals surface area contributed by atoms with Crippen LogP contribution in [0.4, 0.5) is 13.2 Å². The molecule has 0 saturated carbocycles. The number of alkyl halides is 3. The zero-order chi connectivity index (χ0) is 13.3. The lowest BCUT2D eigenvalue weighted by molar-refractivity contribution is -0.141. The van der Waals surface area contributed by atoms with E-state index in [0.717, 1.165) is 6.07 Å².